The highest BCUT2D eigenvalue weighted by Gasteiger charge is 2.14. The SMILES string of the molecule is O=C(c1ccccc1)c1ccc2nc(NCCc3ccc(Cl)cc3)c3nncn3c2c1. The molecule has 0 radical (unpaired) electrons. The second kappa shape index (κ2) is 8.16. The molecular formula is C24H18ClN5O. The molecule has 0 aliphatic heterocycles. The minimum absolute atomic E-state index is 0.0334. The summed E-state index contributed by atoms with van der Waals surface area (Å²) in [6.45, 7) is 0.688. The second-order valence-corrected chi connectivity index (χ2v) is 7.62. The molecule has 5 aromatic rings. The number of aromatic nitrogens is 4. The van der Waals surface area contributed by atoms with Crippen LogP contribution in [0, 0.1) is 0 Å². The van der Waals surface area contributed by atoms with E-state index in [1.54, 1.807) is 12.4 Å². The number of fused-ring (bicyclic) bond motifs is 3. The molecular weight excluding hydrogens is 410 g/mol. The molecule has 0 aliphatic carbocycles. The number of halogens is 1. The van der Waals surface area contributed by atoms with Crippen molar-refractivity contribution >= 4 is 39.9 Å². The molecule has 0 unspecified atom stereocenters. The molecule has 0 amide bonds. The lowest BCUT2D eigenvalue weighted by Crippen LogP contribution is -2.09. The molecule has 6 nitrogen and oxygen atoms in total. The van der Waals surface area contributed by atoms with Crippen LogP contribution in [-0.4, -0.2) is 31.9 Å². The molecule has 3 aromatic carbocycles. The summed E-state index contributed by atoms with van der Waals surface area (Å²) in [7, 11) is 0. The van der Waals surface area contributed by atoms with E-state index < -0.39 is 0 Å². The average Bonchev–Trinajstić information content (AvgIpc) is 3.31. The first-order chi connectivity index (χ1) is 15.2. The number of carbonyl (C=O) groups excluding carboxylic acids is 1. The Morgan fingerprint density at radius 2 is 1.77 bits per heavy atom. The molecule has 0 saturated carbocycles. The second-order valence-electron chi connectivity index (χ2n) is 7.19. The minimum atomic E-state index is -0.0334. The van der Waals surface area contributed by atoms with Crippen molar-refractivity contribution in [3.8, 4) is 0 Å². The number of nitrogens with zero attached hydrogens (tertiary/aromatic N) is 4. The number of carbonyl (C=O) groups is 1. The molecule has 5 rings (SSSR count). The number of benzene rings is 3. The maximum atomic E-state index is 12.8. The molecule has 31 heavy (non-hydrogen) atoms. The van der Waals surface area contributed by atoms with Crippen molar-refractivity contribution < 1.29 is 4.79 Å². The summed E-state index contributed by atoms with van der Waals surface area (Å²) in [5.74, 6) is 0.620. The highest BCUT2D eigenvalue weighted by molar-refractivity contribution is 6.30. The summed E-state index contributed by atoms with van der Waals surface area (Å²) in [4.78, 5) is 17.6. The Morgan fingerprint density at radius 1 is 0.968 bits per heavy atom. The third kappa shape index (κ3) is 3.85. The van der Waals surface area contributed by atoms with Gasteiger partial charge in [-0.1, -0.05) is 54.1 Å². The van der Waals surface area contributed by atoms with Gasteiger partial charge in [-0.3, -0.25) is 9.20 Å². The predicted molar refractivity (Wildman–Crippen MR) is 122 cm³/mol. The molecule has 0 saturated heterocycles. The normalized spacial score (nSPS) is 11.1. The Hall–Kier alpha value is -3.77. The third-order valence-corrected chi connectivity index (χ3v) is 5.40. The minimum Gasteiger partial charge on any atom is -0.367 e. The van der Waals surface area contributed by atoms with Crippen molar-refractivity contribution in [1.82, 2.24) is 19.6 Å². The highest BCUT2D eigenvalue weighted by atomic mass is 35.5. The first-order valence-corrected chi connectivity index (χ1v) is 10.3. The van der Waals surface area contributed by atoms with Gasteiger partial charge in [-0.05, 0) is 42.3 Å². The first-order valence-electron chi connectivity index (χ1n) is 9.90. The summed E-state index contributed by atoms with van der Waals surface area (Å²) in [6.07, 6.45) is 2.46. The molecule has 2 heterocycles. The fourth-order valence-electron chi connectivity index (χ4n) is 3.55. The summed E-state index contributed by atoms with van der Waals surface area (Å²) in [5, 5.41) is 12.4. The molecule has 0 spiro atoms. The van der Waals surface area contributed by atoms with Crippen LogP contribution in [-0.2, 0) is 6.42 Å². The molecule has 152 valence electrons. The third-order valence-electron chi connectivity index (χ3n) is 5.14. The van der Waals surface area contributed by atoms with Crippen molar-refractivity contribution in [2.24, 2.45) is 0 Å². The largest absolute Gasteiger partial charge is 0.367 e. The van der Waals surface area contributed by atoms with E-state index in [1.165, 1.54) is 5.56 Å². The van der Waals surface area contributed by atoms with Crippen LogP contribution >= 0.6 is 11.6 Å². The van der Waals surface area contributed by atoms with Crippen LogP contribution in [0.2, 0.25) is 5.02 Å². The summed E-state index contributed by atoms with van der Waals surface area (Å²) >= 11 is 5.95. The monoisotopic (exact) mass is 427 g/mol. The smallest absolute Gasteiger partial charge is 0.203 e. The zero-order chi connectivity index (χ0) is 21.2. The maximum absolute atomic E-state index is 12.8. The van der Waals surface area contributed by atoms with E-state index in [1.807, 2.05) is 71.1 Å². The van der Waals surface area contributed by atoms with Gasteiger partial charge < -0.3 is 5.32 Å². The highest BCUT2D eigenvalue weighted by Crippen LogP contribution is 2.22. The molecule has 0 fully saturated rings. The number of rotatable bonds is 6. The van der Waals surface area contributed by atoms with E-state index in [9.17, 15) is 4.79 Å². The standard InChI is InChI=1S/C24H18ClN5O/c25-19-9-6-16(7-10-19)12-13-26-23-24-29-27-15-30(24)21-14-18(8-11-20(21)28-23)22(31)17-4-2-1-3-5-17/h1-11,14-15H,12-13H2,(H,26,28). The van der Waals surface area contributed by atoms with Crippen LogP contribution in [0.4, 0.5) is 5.82 Å². The van der Waals surface area contributed by atoms with Crippen molar-refractivity contribution in [2.45, 2.75) is 6.42 Å². The van der Waals surface area contributed by atoms with Gasteiger partial charge in [-0.25, -0.2) is 4.98 Å². The Balaban J connectivity index is 1.45. The Labute approximate surface area is 183 Å². The quantitative estimate of drug-likeness (QED) is 0.393. The number of anilines is 1. The van der Waals surface area contributed by atoms with Crippen LogP contribution in [0.25, 0.3) is 16.7 Å². The van der Waals surface area contributed by atoms with Gasteiger partial charge in [-0.2, -0.15) is 0 Å². The lowest BCUT2D eigenvalue weighted by molar-refractivity contribution is 0.103. The van der Waals surface area contributed by atoms with Crippen LogP contribution in [0.15, 0.2) is 79.1 Å². The van der Waals surface area contributed by atoms with Crippen LogP contribution in [0.1, 0.15) is 21.5 Å². The lowest BCUT2D eigenvalue weighted by Gasteiger charge is -2.10. The Kier molecular flexibility index (Phi) is 5.06. The zero-order valence-electron chi connectivity index (χ0n) is 16.5. The average molecular weight is 428 g/mol. The van der Waals surface area contributed by atoms with Crippen LogP contribution in [0.5, 0.6) is 0 Å². The van der Waals surface area contributed by atoms with Crippen molar-refractivity contribution in [3.05, 3.63) is 101 Å². The van der Waals surface area contributed by atoms with Gasteiger partial charge in [0.2, 0.25) is 5.65 Å². The fourth-order valence-corrected chi connectivity index (χ4v) is 3.67. The van der Waals surface area contributed by atoms with Crippen molar-refractivity contribution in [3.63, 3.8) is 0 Å². The number of nitrogens with one attached hydrogen (secondary N) is 1. The van der Waals surface area contributed by atoms with Gasteiger partial charge in [0.25, 0.3) is 0 Å². The predicted octanol–water partition coefficient (Wildman–Crippen LogP) is 4.82. The number of hydrogen-bond acceptors (Lipinski definition) is 5. The summed E-state index contributed by atoms with van der Waals surface area (Å²) in [5.41, 5.74) is 4.58. The van der Waals surface area contributed by atoms with E-state index in [0.717, 1.165) is 22.5 Å². The molecule has 0 bridgehead atoms. The van der Waals surface area contributed by atoms with E-state index in [4.69, 9.17) is 16.6 Å². The molecule has 0 atom stereocenters. The van der Waals surface area contributed by atoms with Crippen molar-refractivity contribution in [2.75, 3.05) is 11.9 Å². The number of ketones is 1. The molecule has 7 heteroatoms. The van der Waals surface area contributed by atoms with Crippen LogP contribution in [0.3, 0.4) is 0 Å². The van der Waals surface area contributed by atoms with Crippen LogP contribution < -0.4 is 5.32 Å². The van der Waals surface area contributed by atoms with Gasteiger partial charge >= 0.3 is 0 Å². The molecule has 0 aliphatic rings. The zero-order valence-corrected chi connectivity index (χ0v) is 17.3. The summed E-state index contributed by atoms with van der Waals surface area (Å²) < 4.78 is 1.86. The molecule has 1 N–H and O–H groups in total. The topological polar surface area (TPSA) is 72.2 Å². The lowest BCUT2D eigenvalue weighted by atomic mass is 10.0. The van der Waals surface area contributed by atoms with E-state index in [0.29, 0.717) is 29.1 Å². The Morgan fingerprint density at radius 3 is 2.58 bits per heavy atom. The van der Waals surface area contributed by atoms with E-state index in [-0.39, 0.29) is 5.78 Å². The van der Waals surface area contributed by atoms with Gasteiger partial charge in [0.15, 0.2) is 11.6 Å². The van der Waals surface area contributed by atoms with E-state index in [2.05, 4.69) is 15.5 Å². The van der Waals surface area contributed by atoms with Gasteiger partial charge in [0.1, 0.15) is 6.33 Å². The molecule has 2 aromatic heterocycles. The van der Waals surface area contributed by atoms with Crippen molar-refractivity contribution in [1.29, 1.82) is 0 Å². The van der Waals surface area contributed by atoms with Gasteiger partial charge in [0, 0.05) is 22.7 Å². The van der Waals surface area contributed by atoms with Gasteiger partial charge in [-0.15, -0.1) is 10.2 Å². The van der Waals surface area contributed by atoms with Gasteiger partial charge in [0.05, 0.1) is 11.0 Å². The number of hydrogen-bond donors (Lipinski definition) is 1. The summed E-state index contributed by atoms with van der Waals surface area (Å²) in [6, 6.07) is 22.5. The maximum Gasteiger partial charge on any atom is 0.203 e. The van der Waals surface area contributed by atoms with E-state index >= 15 is 0 Å². The Bertz CT molecular complexity index is 1380. The first kappa shape index (κ1) is 19.2. The fraction of sp³-hybridized carbons (Fsp3) is 0.0833.